The zero-order valence-corrected chi connectivity index (χ0v) is 10.4. The third kappa shape index (κ3) is 1.77. The van der Waals surface area contributed by atoms with Crippen LogP contribution in [0.25, 0.3) is 16.3 Å². The molecule has 0 spiro atoms. The highest BCUT2D eigenvalue weighted by molar-refractivity contribution is 7.15. The molecule has 0 saturated heterocycles. The Morgan fingerprint density at radius 1 is 1.47 bits per heavy atom. The zero-order valence-electron chi connectivity index (χ0n) is 9.60. The summed E-state index contributed by atoms with van der Waals surface area (Å²) in [5.74, 6) is 0.884. The van der Waals surface area contributed by atoms with Crippen molar-refractivity contribution < 1.29 is 0 Å². The summed E-state index contributed by atoms with van der Waals surface area (Å²) in [6.45, 7) is 2.76. The van der Waals surface area contributed by atoms with Gasteiger partial charge in [-0.2, -0.15) is 0 Å². The van der Waals surface area contributed by atoms with E-state index in [1.807, 2.05) is 6.20 Å². The smallest absolute Gasteiger partial charge is 0.211 e. The van der Waals surface area contributed by atoms with Gasteiger partial charge in [0.15, 0.2) is 0 Å². The van der Waals surface area contributed by atoms with Crippen molar-refractivity contribution >= 4 is 17.1 Å². The minimum Gasteiger partial charge on any atom is -0.330 e. The summed E-state index contributed by atoms with van der Waals surface area (Å²) in [5.41, 5.74) is 7.85. The van der Waals surface area contributed by atoms with E-state index < -0.39 is 0 Å². The summed E-state index contributed by atoms with van der Waals surface area (Å²) < 4.78 is 2.08. The number of hydrogen-bond donors (Lipinski definition) is 2. The number of imidazole rings is 2. The van der Waals surface area contributed by atoms with Crippen molar-refractivity contribution in [1.29, 1.82) is 0 Å². The molecule has 0 aliphatic heterocycles. The van der Waals surface area contributed by atoms with Gasteiger partial charge in [0.1, 0.15) is 0 Å². The van der Waals surface area contributed by atoms with E-state index in [9.17, 15) is 0 Å². The SMILES string of the molecule is Cc1ccc(-c2cn3c(CCN)cnc3[nH]2)s1. The second-order valence-corrected chi connectivity index (χ2v) is 5.35. The quantitative estimate of drug-likeness (QED) is 0.744. The van der Waals surface area contributed by atoms with Gasteiger partial charge in [0.25, 0.3) is 0 Å². The molecule has 0 amide bonds. The molecule has 0 aliphatic carbocycles. The first-order valence-electron chi connectivity index (χ1n) is 5.60. The molecule has 17 heavy (non-hydrogen) atoms. The van der Waals surface area contributed by atoms with E-state index in [1.54, 1.807) is 11.3 Å². The molecular weight excluding hydrogens is 232 g/mol. The molecule has 3 heterocycles. The molecule has 0 atom stereocenters. The first-order chi connectivity index (χ1) is 8.28. The van der Waals surface area contributed by atoms with Crippen LogP contribution in [0.4, 0.5) is 0 Å². The number of aromatic nitrogens is 3. The van der Waals surface area contributed by atoms with Crippen LogP contribution in [-0.2, 0) is 6.42 Å². The molecule has 0 bridgehead atoms. The number of aromatic amines is 1. The van der Waals surface area contributed by atoms with Crippen molar-refractivity contribution in [3.8, 4) is 10.6 Å². The van der Waals surface area contributed by atoms with Crippen LogP contribution < -0.4 is 5.73 Å². The molecule has 3 N–H and O–H groups in total. The normalized spacial score (nSPS) is 11.4. The van der Waals surface area contributed by atoms with Crippen LogP contribution in [0.15, 0.2) is 24.5 Å². The highest BCUT2D eigenvalue weighted by atomic mass is 32.1. The number of nitrogens with one attached hydrogen (secondary N) is 1. The number of H-pyrrole nitrogens is 1. The number of hydrogen-bond acceptors (Lipinski definition) is 3. The Morgan fingerprint density at radius 3 is 3.06 bits per heavy atom. The highest BCUT2D eigenvalue weighted by Crippen LogP contribution is 2.27. The van der Waals surface area contributed by atoms with E-state index in [1.165, 1.54) is 9.75 Å². The van der Waals surface area contributed by atoms with Crippen LogP contribution >= 0.6 is 11.3 Å². The number of rotatable bonds is 3. The lowest BCUT2D eigenvalue weighted by Gasteiger charge is -1.93. The molecule has 0 aromatic carbocycles. The van der Waals surface area contributed by atoms with E-state index in [-0.39, 0.29) is 0 Å². The summed E-state index contributed by atoms with van der Waals surface area (Å²) >= 11 is 1.78. The first-order valence-corrected chi connectivity index (χ1v) is 6.41. The second-order valence-electron chi connectivity index (χ2n) is 4.06. The Morgan fingerprint density at radius 2 is 2.35 bits per heavy atom. The second kappa shape index (κ2) is 4.01. The first kappa shape index (κ1) is 10.6. The fraction of sp³-hybridized carbons (Fsp3) is 0.250. The number of nitrogens with zero attached hydrogens (tertiary/aromatic N) is 2. The van der Waals surface area contributed by atoms with Crippen LogP contribution in [0.2, 0.25) is 0 Å². The van der Waals surface area contributed by atoms with E-state index in [2.05, 4.69) is 39.6 Å². The fourth-order valence-corrected chi connectivity index (χ4v) is 2.78. The summed E-state index contributed by atoms with van der Waals surface area (Å²) in [5, 5.41) is 0. The number of thiophene rings is 1. The van der Waals surface area contributed by atoms with Crippen LogP contribution in [0, 0.1) is 6.92 Å². The van der Waals surface area contributed by atoms with Crippen LogP contribution in [0.3, 0.4) is 0 Å². The Balaban J connectivity index is 2.07. The third-order valence-corrected chi connectivity index (χ3v) is 3.82. The van der Waals surface area contributed by atoms with Gasteiger partial charge in [0.2, 0.25) is 5.78 Å². The van der Waals surface area contributed by atoms with Crippen molar-refractivity contribution in [3.63, 3.8) is 0 Å². The van der Waals surface area contributed by atoms with Gasteiger partial charge in [-0.05, 0) is 25.6 Å². The Bertz CT molecular complexity index is 646. The molecule has 4 nitrogen and oxygen atoms in total. The maximum atomic E-state index is 5.58. The van der Waals surface area contributed by atoms with Crippen LogP contribution in [0.1, 0.15) is 10.6 Å². The van der Waals surface area contributed by atoms with Gasteiger partial charge in [-0.1, -0.05) is 0 Å². The van der Waals surface area contributed by atoms with Crippen molar-refractivity contribution in [2.75, 3.05) is 6.54 Å². The van der Waals surface area contributed by atoms with Gasteiger partial charge in [-0.3, -0.25) is 4.40 Å². The predicted octanol–water partition coefficient (Wildman–Crippen LogP) is 2.20. The van der Waals surface area contributed by atoms with Gasteiger partial charge in [0, 0.05) is 23.2 Å². The zero-order chi connectivity index (χ0) is 11.8. The lowest BCUT2D eigenvalue weighted by Crippen LogP contribution is -2.04. The maximum Gasteiger partial charge on any atom is 0.211 e. The largest absolute Gasteiger partial charge is 0.330 e. The fourth-order valence-electron chi connectivity index (χ4n) is 1.95. The van der Waals surface area contributed by atoms with Gasteiger partial charge in [-0.25, -0.2) is 4.98 Å². The average Bonchev–Trinajstić information content (AvgIpc) is 2.95. The van der Waals surface area contributed by atoms with Gasteiger partial charge >= 0.3 is 0 Å². The number of fused-ring (bicyclic) bond motifs is 1. The lowest BCUT2D eigenvalue weighted by atomic mass is 10.3. The number of nitrogens with two attached hydrogens (primary N) is 1. The summed E-state index contributed by atoms with van der Waals surface area (Å²) in [7, 11) is 0. The van der Waals surface area contributed by atoms with Crippen molar-refractivity contribution in [3.05, 3.63) is 35.1 Å². The summed E-state index contributed by atoms with van der Waals surface area (Å²) in [6.07, 6.45) is 4.82. The van der Waals surface area contributed by atoms with Crippen LogP contribution in [0.5, 0.6) is 0 Å². The van der Waals surface area contributed by atoms with Gasteiger partial charge < -0.3 is 10.7 Å². The van der Waals surface area contributed by atoms with E-state index >= 15 is 0 Å². The monoisotopic (exact) mass is 246 g/mol. The van der Waals surface area contributed by atoms with Crippen molar-refractivity contribution in [2.45, 2.75) is 13.3 Å². The van der Waals surface area contributed by atoms with Crippen LogP contribution in [-0.4, -0.2) is 20.9 Å². The predicted molar refractivity (Wildman–Crippen MR) is 70.4 cm³/mol. The molecular formula is C12H14N4S. The molecule has 3 rings (SSSR count). The van der Waals surface area contributed by atoms with E-state index in [0.29, 0.717) is 6.54 Å². The third-order valence-electron chi connectivity index (χ3n) is 2.78. The van der Waals surface area contributed by atoms with Gasteiger partial charge in [-0.15, -0.1) is 11.3 Å². The topological polar surface area (TPSA) is 59.1 Å². The number of aryl methyl sites for hydroxylation is 1. The summed E-state index contributed by atoms with van der Waals surface area (Å²) in [6, 6.07) is 4.26. The molecule has 0 fully saturated rings. The highest BCUT2D eigenvalue weighted by Gasteiger charge is 2.09. The minimum absolute atomic E-state index is 0.645. The van der Waals surface area contributed by atoms with Crippen molar-refractivity contribution in [2.24, 2.45) is 5.73 Å². The Labute approximate surface area is 103 Å². The van der Waals surface area contributed by atoms with E-state index in [0.717, 1.165) is 23.6 Å². The van der Waals surface area contributed by atoms with Gasteiger partial charge in [0.05, 0.1) is 16.8 Å². The molecule has 3 aromatic rings. The van der Waals surface area contributed by atoms with Crippen molar-refractivity contribution in [1.82, 2.24) is 14.4 Å². The standard InChI is InChI=1S/C12H14N4S/c1-8-2-3-11(17-8)10-7-16-9(4-5-13)6-14-12(16)15-10/h2-3,6-7H,4-5,13H2,1H3,(H,14,15). The molecule has 5 heteroatoms. The summed E-state index contributed by atoms with van der Waals surface area (Å²) in [4.78, 5) is 10.2. The molecule has 3 aromatic heterocycles. The Hall–Kier alpha value is -1.59. The Kier molecular flexibility index (Phi) is 2.49. The molecule has 0 aliphatic rings. The molecule has 0 unspecified atom stereocenters. The minimum atomic E-state index is 0.645. The molecule has 0 radical (unpaired) electrons. The molecule has 88 valence electrons. The average molecular weight is 246 g/mol. The maximum absolute atomic E-state index is 5.58. The molecule has 0 saturated carbocycles. The lowest BCUT2D eigenvalue weighted by molar-refractivity contribution is 0.908. The van der Waals surface area contributed by atoms with E-state index in [4.69, 9.17) is 5.73 Å².